The molecule has 0 aliphatic carbocycles. The van der Waals surface area contributed by atoms with Crippen LogP contribution in [-0.2, 0) is 11.3 Å². The number of methoxy groups -OCH3 is 1. The minimum atomic E-state index is -0.0507. The van der Waals surface area contributed by atoms with Crippen molar-refractivity contribution in [3.05, 3.63) is 42.2 Å². The van der Waals surface area contributed by atoms with E-state index >= 15 is 0 Å². The molecule has 7 heteroatoms. The van der Waals surface area contributed by atoms with E-state index in [1.165, 1.54) is 18.8 Å². The summed E-state index contributed by atoms with van der Waals surface area (Å²) in [5, 5.41) is 2.79. The number of nitrogens with zero attached hydrogens (tertiary/aromatic N) is 4. The molecule has 1 aromatic carbocycles. The second-order valence-corrected chi connectivity index (χ2v) is 6.06. The largest absolute Gasteiger partial charge is 0.481 e. The summed E-state index contributed by atoms with van der Waals surface area (Å²) in [6, 6.07) is 9.89. The standard InChI is InChI=1S/C18H23N5O2/c1-14(24)21-16-5-3-15(4-6-16)12-22-7-9-23(10-8-22)17-11-18(25-2)20-13-19-17/h3-6,11,13H,7-10,12H2,1-2H3,(H,21,24). The molecule has 0 atom stereocenters. The number of nitrogens with one attached hydrogen (secondary N) is 1. The molecule has 132 valence electrons. The topological polar surface area (TPSA) is 70.6 Å². The highest BCUT2D eigenvalue weighted by molar-refractivity contribution is 5.88. The molecule has 7 nitrogen and oxygen atoms in total. The zero-order valence-electron chi connectivity index (χ0n) is 14.6. The maximum atomic E-state index is 11.1. The first-order valence-electron chi connectivity index (χ1n) is 8.34. The molecule has 0 radical (unpaired) electrons. The number of rotatable bonds is 5. The summed E-state index contributed by atoms with van der Waals surface area (Å²) in [5.74, 6) is 1.45. The van der Waals surface area contributed by atoms with Crippen LogP contribution >= 0.6 is 0 Å². The lowest BCUT2D eigenvalue weighted by Crippen LogP contribution is -2.46. The van der Waals surface area contributed by atoms with Gasteiger partial charge in [0.15, 0.2) is 0 Å². The van der Waals surface area contributed by atoms with Gasteiger partial charge in [-0.25, -0.2) is 9.97 Å². The van der Waals surface area contributed by atoms with Gasteiger partial charge in [-0.2, -0.15) is 0 Å². The molecule has 1 aliphatic heterocycles. The summed E-state index contributed by atoms with van der Waals surface area (Å²) in [4.78, 5) is 24.1. The first-order valence-corrected chi connectivity index (χ1v) is 8.34. The fourth-order valence-electron chi connectivity index (χ4n) is 2.90. The van der Waals surface area contributed by atoms with Gasteiger partial charge in [0.05, 0.1) is 7.11 Å². The van der Waals surface area contributed by atoms with Crippen LogP contribution in [0.5, 0.6) is 5.88 Å². The van der Waals surface area contributed by atoms with E-state index in [0.717, 1.165) is 44.2 Å². The zero-order valence-corrected chi connectivity index (χ0v) is 14.6. The van der Waals surface area contributed by atoms with E-state index in [-0.39, 0.29) is 5.91 Å². The predicted molar refractivity (Wildman–Crippen MR) is 96.8 cm³/mol. The maximum absolute atomic E-state index is 11.1. The Labute approximate surface area is 147 Å². The lowest BCUT2D eigenvalue weighted by molar-refractivity contribution is -0.114. The number of ether oxygens (including phenoxy) is 1. The molecule has 1 saturated heterocycles. The predicted octanol–water partition coefficient (Wildman–Crippen LogP) is 1.77. The number of anilines is 2. The van der Waals surface area contributed by atoms with Crippen LogP contribution in [0.3, 0.4) is 0 Å². The van der Waals surface area contributed by atoms with Gasteiger partial charge in [-0.15, -0.1) is 0 Å². The molecule has 1 aromatic heterocycles. The SMILES string of the molecule is COc1cc(N2CCN(Cc3ccc(NC(C)=O)cc3)CC2)ncn1. The van der Waals surface area contributed by atoms with Crippen LogP contribution in [0.25, 0.3) is 0 Å². The van der Waals surface area contributed by atoms with Crippen LogP contribution in [0.2, 0.25) is 0 Å². The molecule has 1 amide bonds. The number of hydrogen-bond donors (Lipinski definition) is 1. The Morgan fingerprint density at radius 3 is 2.52 bits per heavy atom. The Morgan fingerprint density at radius 1 is 1.16 bits per heavy atom. The number of aromatic nitrogens is 2. The minimum Gasteiger partial charge on any atom is -0.481 e. The fraction of sp³-hybridized carbons (Fsp3) is 0.389. The van der Waals surface area contributed by atoms with Gasteiger partial charge in [-0.3, -0.25) is 9.69 Å². The molecular weight excluding hydrogens is 318 g/mol. The van der Waals surface area contributed by atoms with Gasteiger partial charge in [0.1, 0.15) is 12.1 Å². The van der Waals surface area contributed by atoms with Crippen molar-refractivity contribution in [3.63, 3.8) is 0 Å². The maximum Gasteiger partial charge on any atom is 0.221 e. The van der Waals surface area contributed by atoms with Crippen molar-refractivity contribution in [1.29, 1.82) is 0 Å². The van der Waals surface area contributed by atoms with Crippen LogP contribution in [0.4, 0.5) is 11.5 Å². The summed E-state index contributed by atoms with van der Waals surface area (Å²) in [7, 11) is 1.61. The highest BCUT2D eigenvalue weighted by atomic mass is 16.5. The first kappa shape index (κ1) is 17.2. The molecule has 0 bridgehead atoms. The van der Waals surface area contributed by atoms with E-state index in [0.29, 0.717) is 5.88 Å². The second kappa shape index (κ2) is 7.94. The van der Waals surface area contributed by atoms with Crippen LogP contribution in [-0.4, -0.2) is 54.1 Å². The lowest BCUT2D eigenvalue weighted by atomic mass is 10.1. The van der Waals surface area contributed by atoms with Crippen molar-refractivity contribution in [2.24, 2.45) is 0 Å². The number of amides is 1. The Kier molecular flexibility index (Phi) is 5.45. The third-order valence-electron chi connectivity index (χ3n) is 4.21. The summed E-state index contributed by atoms with van der Waals surface area (Å²) in [6.07, 6.45) is 1.54. The molecule has 0 spiro atoms. The van der Waals surface area contributed by atoms with Crippen LogP contribution in [0.15, 0.2) is 36.7 Å². The summed E-state index contributed by atoms with van der Waals surface area (Å²) < 4.78 is 5.17. The quantitative estimate of drug-likeness (QED) is 0.894. The summed E-state index contributed by atoms with van der Waals surface area (Å²) >= 11 is 0. The summed E-state index contributed by atoms with van der Waals surface area (Å²) in [5.41, 5.74) is 2.07. The van der Waals surface area contributed by atoms with E-state index in [9.17, 15) is 4.79 Å². The molecule has 1 N–H and O–H groups in total. The van der Waals surface area contributed by atoms with Gasteiger partial charge in [0.2, 0.25) is 11.8 Å². The van der Waals surface area contributed by atoms with Gasteiger partial charge in [-0.1, -0.05) is 12.1 Å². The van der Waals surface area contributed by atoms with E-state index in [1.807, 2.05) is 18.2 Å². The second-order valence-electron chi connectivity index (χ2n) is 6.06. The highest BCUT2D eigenvalue weighted by Crippen LogP contribution is 2.18. The highest BCUT2D eigenvalue weighted by Gasteiger charge is 2.18. The van der Waals surface area contributed by atoms with Crippen molar-refractivity contribution >= 4 is 17.4 Å². The average Bonchev–Trinajstić information content (AvgIpc) is 2.63. The lowest BCUT2D eigenvalue weighted by Gasteiger charge is -2.35. The molecule has 1 aliphatic rings. The smallest absolute Gasteiger partial charge is 0.221 e. The van der Waals surface area contributed by atoms with E-state index in [2.05, 4.69) is 37.2 Å². The molecular formula is C18H23N5O2. The average molecular weight is 341 g/mol. The van der Waals surface area contributed by atoms with E-state index in [4.69, 9.17) is 4.74 Å². The van der Waals surface area contributed by atoms with Crippen molar-refractivity contribution in [3.8, 4) is 5.88 Å². The van der Waals surface area contributed by atoms with Crippen molar-refractivity contribution in [2.45, 2.75) is 13.5 Å². The van der Waals surface area contributed by atoms with E-state index < -0.39 is 0 Å². The molecule has 2 aromatic rings. The Hall–Kier alpha value is -2.67. The van der Waals surface area contributed by atoms with Crippen molar-refractivity contribution in [1.82, 2.24) is 14.9 Å². The Morgan fingerprint density at radius 2 is 1.88 bits per heavy atom. The molecule has 0 unspecified atom stereocenters. The number of hydrogen-bond acceptors (Lipinski definition) is 6. The fourth-order valence-corrected chi connectivity index (χ4v) is 2.90. The Bertz CT molecular complexity index is 712. The van der Waals surface area contributed by atoms with Gasteiger partial charge < -0.3 is 15.0 Å². The number of carbonyl (C=O) groups is 1. The van der Waals surface area contributed by atoms with Crippen LogP contribution < -0.4 is 15.0 Å². The van der Waals surface area contributed by atoms with Gasteiger partial charge in [-0.05, 0) is 17.7 Å². The van der Waals surface area contributed by atoms with Crippen molar-refractivity contribution in [2.75, 3.05) is 43.5 Å². The molecule has 2 heterocycles. The normalized spacial score (nSPS) is 15.0. The summed E-state index contributed by atoms with van der Waals surface area (Å²) in [6.45, 7) is 6.20. The van der Waals surface area contributed by atoms with Gasteiger partial charge in [0, 0.05) is 51.4 Å². The number of benzene rings is 1. The number of carbonyl (C=O) groups excluding carboxylic acids is 1. The van der Waals surface area contributed by atoms with Crippen LogP contribution in [0.1, 0.15) is 12.5 Å². The third-order valence-corrected chi connectivity index (χ3v) is 4.21. The van der Waals surface area contributed by atoms with Crippen LogP contribution in [0, 0.1) is 0 Å². The molecule has 25 heavy (non-hydrogen) atoms. The molecule has 3 rings (SSSR count). The van der Waals surface area contributed by atoms with E-state index in [1.54, 1.807) is 7.11 Å². The molecule has 0 saturated carbocycles. The first-order chi connectivity index (χ1) is 12.1. The zero-order chi connectivity index (χ0) is 17.6. The van der Waals surface area contributed by atoms with Crippen molar-refractivity contribution < 1.29 is 9.53 Å². The molecule has 1 fully saturated rings. The van der Waals surface area contributed by atoms with Gasteiger partial charge >= 0.3 is 0 Å². The van der Waals surface area contributed by atoms with Gasteiger partial charge in [0.25, 0.3) is 0 Å². The monoisotopic (exact) mass is 341 g/mol. The Balaban J connectivity index is 1.53. The third kappa shape index (κ3) is 4.67. The number of piperazine rings is 1. The minimum absolute atomic E-state index is 0.0507.